The number of benzene rings is 1. The van der Waals surface area contributed by atoms with Crippen LogP contribution in [0.2, 0.25) is 0 Å². The summed E-state index contributed by atoms with van der Waals surface area (Å²) >= 11 is 0. The molecule has 0 spiro atoms. The number of halogens is 4. The van der Waals surface area contributed by atoms with E-state index in [2.05, 4.69) is 20.3 Å². The van der Waals surface area contributed by atoms with E-state index in [1.54, 1.807) is 19.1 Å². The van der Waals surface area contributed by atoms with Gasteiger partial charge in [0, 0.05) is 17.7 Å². The maximum absolute atomic E-state index is 14.6. The summed E-state index contributed by atoms with van der Waals surface area (Å²) in [5.74, 6) is -3.80. The Morgan fingerprint density at radius 1 is 1.12 bits per heavy atom. The molecule has 4 aliphatic rings. The number of alkyl halides is 3. The van der Waals surface area contributed by atoms with Gasteiger partial charge >= 0.3 is 12.3 Å². The van der Waals surface area contributed by atoms with Crippen LogP contribution in [0.1, 0.15) is 73.1 Å². The predicted molar refractivity (Wildman–Crippen MR) is 198 cm³/mol. The lowest BCUT2D eigenvalue weighted by atomic mass is 10.1. The van der Waals surface area contributed by atoms with E-state index in [1.165, 1.54) is 45.4 Å². The first kappa shape index (κ1) is 42.9. The van der Waals surface area contributed by atoms with Gasteiger partial charge in [0.2, 0.25) is 33.3 Å². The molecule has 4 amide bonds. The van der Waals surface area contributed by atoms with E-state index in [-0.39, 0.29) is 30.7 Å². The Balaban J connectivity index is 1.36. The van der Waals surface area contributed by atoms with Gasteiger partial charge in [-0.2, -0.15) is 13.2 Å². The molecule has 3 fully saturated rings. The second-order valence-corrected chi connectivity index (χ2v) is 18.3. The fraction of sp³-hybridized carbons (Fsp3) is 0.605. The van der Waals surface area contributed by atoms with Gasteiger partial charge in [0.05, 0.1) is 42.2 Å². The van der Waals surface area contributed by atoms with E-state index in [0.717, 1.165) is 4.90 Å². The summed E-state index contributed by atoms with van der Waals surface area (Å²) in [6, 6.07) is 0.677. The number of carbonyl (C=O) groups excluding carboxylic acids is 4. The Kier molecular flexibility index (Phi) is 11.4. The van der Waals surface area contributed by atoms with Crippen LogP contribution in [0.15, 0.2) is 36.5 Å². The smallest absolute Gasteiger partial charge is 0.427 e. The highest BCUT2D eigenvalue weighted by molar-refractivity contribution is 7.91. The third kappa shape index (κ3) is 8.53. The van der Waals surface area contributed by atoms with Crippen molar-refractivity contribution in [2.75, 3.05) is 13.7 Å². The minimum Gasteiger partial charge on any atom is -0.494 e. The van der Waals surface area contributed by atoms with Gasteiger partial charge in [0.15, 0.2) is 0 Å². The van der Waals surface area contributed by atoms with Gasteiger partial charge in [0.1, 0.15) is 35.3 Å². The lowest BCUT2D eigenvalue weighted by molar-refractivity contribution is -0.244. The van der Waals surface area contributed by atoms with E-state index in [0.29, 0.717) is 50.7 Å². The van der Waals surface area contributed by atoms with Crippen molar-refractivity contribution < 1.29 is 64.1 Å². The van der Waals surface area contributed by atoms with Crippen LogP contribution in [-0.2, 0) is 33.9 Å². The highest BCUT2D eigenvalue weighted by Gasteiger charge is 2.63. The molecule has 0 bridgehead atoms. The molecule has 6 rings (SSSR count). The highest BCUT2D eigenvalue weighted by atomic mass is 32.2. The molecule has 2 saturated carbocycles. The quantitative estimate of drug-likeness (QED) is 0.255. The van der Waals surface area contributed by atoms with Crippen molar-refractivity contribution in [3.63, 3.8) is 0 Å². The number of alkyl carbamates (subject to hydrolysis) is 1. The third-order valence-corrected chi connectivity index (χ3v) is 13.5. The molecule has 2 aliphatic carbocycles. The molecule has 1 aromatic heterocycles. The molecule has 3 N–H and O–H groups in total. The Labute approximate surface area is 332 Å². The maximum atomic E-state index is 14.6. The van der Waals surface area contributed by atoms with Crippen LogP contribution in [0.25, 0.3) is 10.8 Å². The Morgan fingerprint density at radius 3 is 2.48 bits per heavy atom. The molecule has 0 radical (unpaired) electrons. The fourth-order valence-electron chi connectivity index (χ4n) is 7.13. The summed E-state index contributed by atoms with van der Waals surface area (Å²) in [4.78, 5) is 61.3. The number of pyridine rings is 1. The van der Waals surface area contributed by atoms with Gasteiger partial charge in [0.25, 0.3) is 5.91 Å². The first-order valence-corrected chi connectivity index (χ1v) is 20.4. The van der Waals surface area contributed by atoms with Crippen LogP contribution in [-0.4, -0.2) is 108 Å². The van der Waals surface area contributed by atoms with Crippen molar-refractivity contribution in [2.45, 2.75) is 126 Å². The number of allylic oxidation sites excluding steroid dienone is 1. The van der Waals surface area contributed by atoms with Gasteiger partial charge in [-0.05, 0) is 84.9 Å². The number of nitrogens with one attached hydrogen (secondary N) is 3. The first-order chi connectivity index (χ1) is 27.0. The van der Waals surface area contributed by atoms with E-state index in [1.807, 2.05) is 0 Å². The van der Waals surface area contributed by atoms with Crippen molar-refractivity contribution in [3.8, 4) is 11.6 Å². The van der Waals surface area contributed by atoms with Crippen molar-refractivity contribution in [1.82, 2.24) is 25.2 Å². The number of methoxy groups -OCH3 is 1. The number of fused-ring (bicyclic) bond motifs is 3. The number of sulfonamides is 1. The molecule has 1 aromatic carbocycles. The van der Waals surface area contributed by atoms with Crippen LogP contribution in [0.4, 0.5) is 22.4 Å². The SMILES string of the molecule is COc1cnc(O[C@@H]2C[C@H]3C(=O)N[C@]4(C(=O)NS(=O)(=O)C5(C)CC5)C[C@H]4/C=C\CC[C@@H](C)O[C@@H](C)[C@H](NC(=O)OC(C)(C)C(F)(F)F)C(=O)N3C2)c2cc(F)ccc12. The Morgan fingerprint density at radius 2 is 1.83 bits per heavy atom. The van der Waals surface area contributed by atoms with Gasteiger partial charge in [-0.1, -0.05) is 12.2 Å². The third-order valence-electron chi connectivity index (χ3n) is 11.3. The second-order valence-electron chi connectivity index (χ2n) is 16.1. The van der Waals surface area contributed by atoms with Crippen molar-refractivity contribution in [3.05, 3.63) is 42.4 Å². The van der Waals surface area contributed by atoms with Crippen molar-refractivity contribution >= 4 is 44.6 Å². The van der Waals surface area contributed by atoms with Gasteiger partial charge in [-0.25, -0.2) is 22.6 Å². The predicted octanol–water partition coefficient (Wildman–Crippen LogP) is 4.18. The van der Waals surface area contributed by atoms with E-state index >= 15 is 0 Å². The molecule has 2 aliphatic heterocycles. The molecule has 20 heteroatoms. The normalized spacial score (nSPS) is 29.4. The standard InChI is InChI=1S/C38H47F4N5O10S/c1-20-9-7-8-10-22-17-37(22,33(50)46-58(52,53)36(5)13-14-36)45-30(48)27-16-24(56-31-26-15-23(39)11-12-25(26)28(54-6)18-43-31)19-47(27)32(49)29(21(2)55-20)44-34(51)57-35(3,4)38(40,41)42/h8,10-12,15,18,20-22,24,27,29H,7,9,13-14,16-17,19H2,1-6H3,(H,44,51)(H,45,48)(H,46,50)/b10-8-/t20-,21+,22-,24-,27+,29+,37-/m1/s1. The maximum Gasteiger partial charge on any atom is 0.427 e. The number of nitrogens with zero attached hydrogens (tertiary/aromatic N) is 2. The minimum atomic E-state index is -4.97. The number of amides is 4. The zero-order valence-corrected chi connectivity index (χ0v) is 33.6. The summed E-state index contributed by atoms with van der Waals surface area (Å²) in [5, 5.41) is 5.59. The average molecular weight is 842 g/mol. The van der Waals surface area contributed by atoms with Gasteiger partial charge in [-0.15, -0.1) is 0 Å². The van der Waals surface area contributed by atoms with Crippen LogP contribution in [0, 0.1) is 11.7 Å². The van der Waals surface area contributed by atoms with Crippen molar-refractivity contribution in [2.24, 2.45) is 5.92 Å². The topological polar surface area (TPSA) is 192 Å². The molecular weight excluding hydrogens is 795 g/mol. The minimum absolute atomic E-state index is 0.0370. The molecule has 15 nitrogen and oxygen atoms in total. The largest absolute Gasteiger partial charge is 0.494 e. The van der Waals surface area contributed by atoms with E-state index < -0.39 is 98.0 Å². The fourth-order valence-corrected chi connectivity index (χ4v) is 8.44. The number of aromatic nitrogens is 1. The molecule has 7 atom stereocenters. The molecule has 58 heavy (non-hydrogen) atoms. The van der Waals surface area contributed by atoms with Gasteiger partial charge in [-0.3, -0.25) is 19.1 Å². The van der Waals surface area contributed by atoms with Crippen LogP contribution in [0.3, 0.4) is 0 Å². The van der Waals surface area contributed by atoms with Gasteiger partial charge < -0.3 is 34.5 Å². The summed E-state index contributed by atoms with van der Waals surface area (Å²) < 4.78 is 105. The Bertz CT molecular complexity index is 2110. The molecule has 318 valence electrons. The monoisotopic (exact) mass is 841 g/mol. The Hall–Kier alpha value is -4.72. The zero-order valence-electron chi connectivity index (χ0n) is 32.8. The molecular formula is C38H47F4N5O10S. The van der Waals surface area contributed by atoms with Crippen molar-refractivity contribution in [1.29, 1.82) is 0 Å². The summed E-state index contributed by atoms with van der Waals surface area (Å²) in [6.45, 7) is 5.54. The lowest BCUT2D eigenvalue weighted by Gasteiger charge is -2.34. The molecule has 3 heterocycles. The summed E-state index contributed by atoms with van der Waals surface area (Å²) in [5.41, 5.74) is -4.67. The lowest BCUT2D eigenvalue weighted by Crippen LogP contribution is -2.60. The first-order valence-electron chi connectivity index (χ1n) is 18.9. The van der Waals surface area contributed by atoms with E-state index in [4.69, 9.17) is 18.9 Å². The number of ether oxygens (including phenoxy) is 4. The number of hydrogen-bond donors (Lipinski definition) is 3. The highest BCUT2D eigenvalue weighted by Crippen LogP contribution is 2.47. The van der Waals surface area contributed by atoms with Crippen LogP contribution >= 0.6 is 0 Å². The number of carbonyl (C=O) groups is 4. The summed E-state index contributed by atoms with van der Waals surface area (Å²) in [6.07, 6.45) is -3.30. The molecule has 1 saturated heterocycles. The zero-order chi connectivity index (χ0) is 42.6. The molecule has 2 aromatic rings. The number of rotatable bonds is 8. The van der Waals surface area contributed by atoms with Crippen LogP contribution in [0.5, 0.6) is 11.6 Å². The van der Waals surface area contributed by atoms with E-state index in [9.17, 15) is 45.2 Å². The summed E-state index contributed by atoms with van der Waals surface area (Å²) in [7, 11) is -2.72. The number of hydrogen-bond acceptors (Lipinski definition) is 11. The second kappa shape index (κ2) is 15.5. The van der Waals surface area contributed by atoms with Crippen LogP contribution < -0.4 is 24.8 Å². The average Bonchev–Trinajstić information content (AvgIpc) is 4.01. The molecule has 0 unspecified atom stereocenters.